The van der Waals surface area contributed by atoms with Crippen LogP contribution < -0.4 is 0 Å². The number of aliphatic hydroxyl groups is 1. The second-order valence-corrected chi connectivity index (χ2v) is 22.0. The van der Waals surface area contributed by atoms with E-state index in [0.29, 0.717) is 60.2 Å². The molecular weight excluding hydrogens is 793 g/mol. The molecule has 0 aliphatic carbocycles. The van der Waals surface area contributed by atoms with Gasteiger partial charge in [-0.15, -0.1) is 0 Å². The van der Waals surface area contributed by atoms with Crippen molar-refractivity contribution in [2.24, 2.45) is 76.9 Å². The number of hydrogen-bond acceptors (Lipinski definition) is 6. The monoisotopic (exact) mass is 889 g/mol. The van der Waals surface area contributed by atoms with Gasteiger partial charge in [0.25, 0.3) is 0 Å². The Balaban J connectivity index is 1.84. The smallest absolute Gasteiger partial charge is 0.306 e. The second kappa shape index (κ2) is 27.3. The Bertz CT molecular complexity index is 1570. The van der Waals surface area contributed by atoms with Crippen LogP contribution in [0.25, 0.3) is 0 Å². The van der Waals surface area contributed by atoms with Gasteiger partial charge in [-0.05, 0) is 111 Å². The molecule has 0 aromatic rings. The number of allylic oxidation sites excluding steroid dienone is 13. The molecule has 0 saturated carbocycles. The van der Waals surface area contributed by atoms with Gasteiger partial charge >= 0.3 is 5.97 Å². The van der Waals surface area contributed by atoms with Gasteiger partial charge in [-0.1, -0.05) is 188 Å². The second-order valence-electron chi connectivity index (χ2n) is 22.0. The molecule has 3 aliphatic rings. The van der Waals surface area contributed by atoms with Crippen molar-refractivity contribution in [3.05, 3.63) is 85.1 Å². The number of aliphatic hydroxyl groups excluding tert-OH is 1. The van der Waals surface area contributed by atoms with Crippen LogP contribution in [-0.2, 0) is 23.7 Å². The van der Waals surface area contributed by atoms with Gasteiger partial charge in [0, 0.05) is 18.8 Å². The summed E-state index contributed by atoms with van der Waals surface area (Å²) in [6.07, 6.45) is 34.2. The van der Waals surface area contributed by atoms with Gasteiger partial charge < -0.3 is 24.1 Å². The van der Waals surface area contributed by atoms with Gasteiger partial charge in [0.05, 0.1) is 30.0 Å². The molecule has 2 bridgehead atoms. The van der Waals surface area contributed by atoms with Crippen LogP contribution in [0, 0.1) is 76.9 Å². The van der Waals surface area contributed by atoms with Crippen molar-refractivity contribution in [1.29, 1.82) is 0 Å². The van der Waals surface area contributed by atoms with Gasteiger partial charge in [0.15, 0.2) is 6.29 Å². The van der Waals surface area contributed by atoms with Gasteiger partial charge in [-0.3, -0.25) is 4.79 Å². The number of hydrogen-bond donors (Lipinski definition) is 1. The molecule has 6 heteroatoms. The largest absolute Gasteiger partial charge is 0.462 e. The minimum atomic E-state index is -0.658. The zero-order valence-electron chi connectivity index (χ0n) is 43.5. The van der Waals surface area contributed by atoms with Crippen molar-refractivity contribution < 1.29 is 28.8 Å². The maximum absolute atomic E-state index is 13.1. The van der Waals surface area contributed by atoms with Crippen molar-refractivity contribution >= 4 is 5.97 Å². The Labute approximate surface area is 393 Å². The molecule has 3 aliphatic heterocycles. The fourth-order valence-electron chi connectivity index (χ4n) is 10.6. The van der Waals surface area contributed by atoms with E-state index in [1.807, 2.05) is 55.5 Å². The Hall–Kier alpha value is -2.51. The highest BCUT2D eigenvalue weighted by Gasteiger charge is 2.49. The maximum atomic E-state index is 13.1. The standard InChI is InChI=1S/C58H96O6/c1-38-31-32-41(4)43(6)34-40(3)37-58(16)56(60)49(12)48(11)54(64-58)36-53(63-57-50(13)45(8)47(10)52(15)62-57)30-28-26-24-22-20-18-17-19-21-23-25-27-29-42(5)44(7)46(9)51(14)61-55(59)35-39(2)33-38/h17-30,38-54,56-57,60H,31-37H2,1-16H3/b18-17+,21-19+,22-20+,25-23+,26-24+,29-27+,30-28?/t38-,39-,40+,41-,42+,43-,44-,45?,46-,47?,48-,49-,50?,51+,52?,53+,54+,56?,57?,58?/m1/s1. The lowest BCUT2D eigenvalue weighted by Crippen LogP contribution is -2.58. The van der Waals surface area contributed by atoms with Gasteiger partial charge in [0.2, 0.25) is 0 Å². The first kappa shape index (κ1) is 55.8. The molecule has 0 aromatic heterocycles. The molecular formula is C58H96O6. The molecule has 0 aromatic carbocycles. The molecule has 364 valence electrons. The van der Waals surface area contributed by atoms with E-state index in [2.05, 4.69) is 140 Å². The third-order valence-corrected chi connectivity index (χ3v) is 16.5. The average molecular weight is 889 g/mol. The normalized spacial score (nSPS) is 46.8. The minimum Gasteiger partial charge on any atom is -0.462 e. The van der Waals surface area contributed by atoms with Gasteiger partial charge in [-0.2, -0.15) is 0 Å². The van der Waals surface area contributed by atoms with Crippen molar-refractivity contribution in [3.8, 4) is 0 Å². The summed E-state index contributed by atoms with van der Waals surface area (Å²) in [6, 6.07) is 0. The first-order valence-electron chi connectivity index (χ1n) is 25.7. The third kappa shape index (κ3) is 17.6. The van der Waals surface area contributed by atoms with E-state index in [9.17, 15) is 9.90 Å². The number of carbonyl (C=O) groups excluding carboxylic acids is 1. The molecule has 2 fully saturated rings. The summed E-state index contributed by atoms with van der Waals surface area (Å²) in [7, 11) is 0. The summed E-state index contributed by atoms with van der Waals surface area (Å²) < 4.78 is 26.6. The Morgan fingerprint density at radius 3 is 1.69 bits per heavy atom. The van der Waals surface area contributed by atoms with E-state index in [-0.39, 0.29) is 66.3 Å². The van der Waals surface area contributed by atoms with Crippen LogP contribution in [0.3, 0.4) is 0 Å². The summed E-state index contributed by atoms with van der Waals surface area (Å²) in [6.45, 7) is 36.0. The van der Waals surface area contributed by atoms with Crippen LogP contribution in [0.15, 0.2) is 85.1 Å². The molecule has 3 heterocycles. The number of carbonyl (C=O) groups is 1. The van der Waals surface area contributed by atoms with E-state index in [0.717, 1.165) is 25.7 Å². The summed E-state index contributed by atoms with van der Waals surface area (Å²) in [5, 5.41) is 11.8. The lowest BCUT2D eigenvalue weighted by molar-refractivity contribution is -0.267. The lowest BCUT2D eigenvalue weighted by atomic mass is 9.71. The molecule has 6 nitrogen and oxygen atoms in total. The number of cyclic esters (lactones) is 1. The Morgan fingerprint density at radius 2 is 1.09 bits per heavy atom. The van der Waals surface area contributed by atoms with Crippen LogP contribution in [-0.4, -0.2) is 53.5 Å². The predicted molar refractivity (Wildman–Crippen MR) is 269 cm³/mol. The number of rotatable bonds is 2. The van der Waals surface area contributed by atoms with E-state index in [1.54, 1.807) is 0 Å². The highest BCUT2D eigenvalue weighted by atomic mass is 16.7. The van der Waals surface area contributed by atoms with Crippen LogP contribution in [0.4, 0.5) is 0 Å². The molecule has 0 amide bonds. The molecule has 20 atom stereocenters. The summed E-state index contributed by atoms with van der Waals surface area (Å²) in [4.78, 5) is 13.1. The summed E-state index contributed by atoms with van der Waals surface area (Å²) >= 11 is 0. The zero-order valence-corrected chi connectivity index (χ0v) is 43.5. The van der Waals surface area contributed by atoms with Crippen molar-refractivity contribution in [2.45, 2.75) is 198 Å². The molecule has 0 spiro atoms. The first-order valence-corrected chi connectivity index (χ1v) is 25.7. The van der Waals surface area contributed by atoms with Crippen LogP contribution in [0.5, 0.6) is 0 Å². The zero-order chi connectivity index (χ0) is 47.7. The topological polar surface area (TPSA) is 74.2 Å². The van der Waals surface area contributed by atoms with E-state index in [1.165, 1.54) is 6.42 Å². The molecule has 64 heavy (non-hydrogen) atoms. The van der Waals surface area contributed by atoms with Crippen molar-refractivity contribution in [1.82, 2.24) is 0 Å². The minimum absolute atomic E-state index is 0.0759. The fraction of sp³-hybridized carbons (Fsp3) is 0.741. The average Bonchev–Trinajstić information content (AvgIpc) is 3.23. The van der Waals surface area contributed by atoms with Crippen LogP contribution in [0.1, 0.15) is 156 Å². The number of fused-ring (bicyclic) bond motifs is 2. The number of ether oxygens (including phenoxy) is 4. The van der Waals surface area contributed by atoms with Gasteiger partial charge in [0.1, 0.15) is 6.10 Å². The van der Waals surface area contributed by atoms with Crippen LogP contribution in [0.2, 0.25) is 0 Å². The van der Waals surface area contributed by atoms with E-state index in [4.69, 9.17) is 18.9 Å². The molecule has 1 N–H and O–H groups in total. The quantitative estimate of drug-likeness (QED) is 0.279. The summed E-state index contributed by atoms with van der Waals surface area (Å²) in [5.41, 5.74) is -0.658. The molecule has 7 unspecified atom stereocenters. The van der Waals surface area contributed by atoms with E-state index >= 15 is 0 Å². The first-order chi connectivity index (χ1) is 30.1. The fourth-order valence-corrected chi connectivity index (χ4v) is 10.6. The van der Waals surface area contributed by atoms with Crippen molar-refractivity contribution in [3.63, 3.8) is 0 Å². The SMILES string of the molecule is CC1OC(O[C@H]2C=C/C=C/C=C/C=C/C=C/C=C/C=C/[C@H](C)[C@@H](C)[C@@H](C)[C@H](C)OC(=O)C[C@H](C)C[C@H](C)CC[C@@H](C)[C@H](C)C[C@H](C)CC3(C)O[C@@H](C2)[C@H](C)[C@@H](C)C3O)C(C)C(C)C1C. The van der Waals surface area contributed by atoms with Gasteiger partial charge in [-0.25, -0.2) is 0 Å². The third-order valence-electron chi connectivity index (χ3n) is 16.5. The Morgan fingerprint density at radius 1 is 0.547 bits per heavy atom. The molecule has 0 radical (unpaired) electrons. The highest BCUT2D eigenvalue weighted by Crippen LogP contribution is 2.44. The van der Waals surface area contributed by atoms with Crippen molar-refractivity contribution in [2.75, 3.05) is 0 Å². The maximum Gasteiger partial charge on any atom is 0.306 e. The lowest BCUT2D eigenvalue weighted by Gasteiger charge is -2.51. The molecule has 2 saturated heterocycles. The van der Waals surface area contributed by atoms with E-state index < -0.39 is 11.7 Å². The summed E-state index contributed by atoms with van der Waals surface area (Å²) in [5.74, 6) is 4.68. The number of esters is 1. The van der Waals surface area contributed by atoms with Crippen LogP contribution >= 0.6 is 0 Å². The predicted octanol–water partition coefficient (Wildman–Crippen LogP) is 14.5. The highest BCUT2D eigenvalue weighted by molar-refractivity contribution is 5.69. The Kier molecular flexibility index (Phi) is 23.8. The molecule has 3 rings (SSSR count).